The highest BCUT2D eigenvalue weighted by Crippen LogP contribution is 2.36. The lowest BCUT2D eigenvalue weighted by Gasteiger charge is -2.17. The predicted octanol–water partition coefficient (Wildman–Crippen LogP) is 3.71. The van der Waals surface area contributed by atoms with E-state index < -0.39 is 0 Å². The largest absolute Gasteiger partial charge is 0.367 e. The Labute approximate surface area is 132 Å². The van der Waals surface area contributed by atoms with E-state index in [1.54, 1.807) is 6.07 Å². The van der Waals surface area contributed by atoms with Gasteiger partial charge in [0.25, 0.3) is 5.78 Å². The first kappa shape index (κ1) is 14.7. The highest BCUT2D eigenvalue weighted by atomic mass is 35.5. The molecule has 1 aromatic carbocycles. The van der Waals surface area contributed by atoms with Crippen LogP contribution in [0.15, 0.2) is 24.5 Å². The fourth-order valence-corrected chi connectivity index (χ4v) is 2.55. The zero-order chi connectivity index (χ0) is 15.9. The van der Waals surface area contributed by atoms with Gasteiger partial charge in [-0.25, -0.2) is 4.39 Å². The van der Waals surface area contributed by atoms with Gasteiger partial charge in [-0.3, -0.25) is 0 Å². The van der Waals surface area contributed by atoms with Crippen LogP contribution in [0.1, 0.15) is 19.4 Å². The van der Waals surface area contributed by atoms with Crippen molar-refractivity contribution in [3.8, 4) is 11.1 Å². The Bertz CT molecular complexity index is 843. The normalized spacial score (nSPS) is 11.4. The fourth-order valence-electron chi connectivity index (χ4n) is 2.29. The lowest BCUT2D eigenvalue weighted by molar-refractivity contribution is 0.630. The van der Waals surface area contributed by atoms with Gasteiger partial charge >= 0.3 is 0 Å². The molecular formula is C15H15ClFN5. The van der Waals surface area contributed by atoms with Gasteiger partial charge in [0, 0.05) is 11.6 Å². The number of hydrogen-bond donors (Lipinski definition) is 1. The molecule has 0 saturated heterocycles. The van der Waals surface area contributed by atoms with E-state index in [9.17, 15) is 4.39 Å². The molecule has 0 saturated carbocycles. The number of nitrogens with zero attached hydrogens (tertiary/aromatic N) is 4. The minimum atomic E-state index is -0.352. The molecule has 2 heterocycles. The van der Waals surface area contributed by atoms with Crippen LogP contribution in [-0.2, 0) is 0 Å². The first-order chi connectivity index (χ1) is 10.5. The monoisotopic (exact) mass is 319 g/mol. The maximum Gasteiger partial charge on any atom is 0.255 e. The minimum Gasteiger partial charge on any atom is -0.367 e. The van der Waals surface area contributed by atoms with Gasteiger partial charge in [0.2, 0.25) is 0 Å². The van der Waals surface area contributed by atoms with Gasteiger partial charge in [-0.1, -0.05) is 23.7 Å². The molecule has 0 atom stereocenters. The topological polar surface area (TPSA) is 55.1 Å². The average Bonchev–Trinajstić information content (AvgIpc) is 2.88. The fraction of sp³-hybridized carbons (Fsp3) is 0.267. The molecule has 2 aromatic heterocycles. The van der Waals surface area contributed by atoms with Crippen LogP contribution >= 0.6 is 11.6 Å². The molecule has 0 fully saturated rings. The lowest BCUT2D eigenvalue weighted by Crippen LogP contribution is -2.15. The van der Waals surface area contributed by atoms with Crippen molar-refractivity contribution in [2.24, 2.45) is 0 Å². The first-order valence-corrected chi connectivity index (χ1v) is 7.27. The Kier molecular flexibility index (Phi) is 3.70. The highest BCUT2D eigenvalue weighted by Gasteiger charge is 2.20. The Morgan fingerprint density at radius 3 is 2.77 bits per heavy atom. The van der Waals surface area contributed by atoms with Gasteiger partial charge in [0.15, 0.2) is 0 Å². The molecule has 5 nitrogen and oxygen atoms in total. The molecule has 0 radical (unpaired) electrons. The molecule has 1 N–H and O–H groups in total. The van der Waals surface area contributed by atoms with E-state index in [-0.39, 0.29) is 17.0 Å². The summed E-state index contributed by atoms with van der Waals surface area (Å²) in [6, 6.07) is 5.11. The summed E-state index contributed by atoms with van der Waals surface area (Å²) in [5.74, 6) is 0.588. The second kappa shape index (κ2) is 5.53. The summed E-state index contributed by atoms with van der Waals surface area (Å²) in [4.78, 5) is 8.23. The zero-order valence-corrected chi connectivity index (χ0v) is 13.2. The molecule has 22 heavy (non-hydrogen) atoms. The smallest absolute Gasteiger partial charge is 0.255 e. The predicted molar refractivity (Wildman–Crippen MR) is 84.7 cm³/mol. The Hall–Kier alpha value is -2.21. The molecule has 0 unspecified atom stereocenters. The van der Waals surface area contributed by atoms with Crippen LogP contribution in [-0.4, -0.2) is 25.6 Å². The molecule has 114 valence electrons. The number of benzene rings is 1. The number of aromatic nitrogens is 4. The van der Waals surface area contributed by atoms with E-state index in [0.29, 0.717) is 22.7 Å². The Morgan fingerprint density at radius 2 is 2.09 bits per heavy atom. The van der Waals surface area contributed by atoms with Gasteiger partial charge in [0.05, 0.1) is 5.56 Å². The van der Waals surface area contributed by atoms with Crippen molar-refractivity contribution >= 4 is 23.2 Å². The quantitative estimate of drug-likeness (QED) is 0.748. The number of hydrogen-bond acceptors (Lipinski definition) is 4. The summed E-state index contributed by atoms with van der Waals surface area (Å²) >= 11 is 6.30. The molecular weight excluding hydrogens is 305 g/mol. The lowest BCUT2D eigenvalue weighted by atomic mass is 10.0. The van der Waals surface area contributed by atoms with E-state index in [4.69, 9.17) is 11.6 Å². The summed E-state index contributed by atoms with van der Waals surface area (Å²) in [6.45, 7) is 5.79. The molecule has 0 amide bonds. The summed E-state index contributed by atoms with van der Waals surface area (Å²) in [5, 5.41) is 7.59. The molecule has 0 aliphatic heterocycles. The first-order valence-electron chi connectivity index (χ1n) is 6.89. The molecule has 3 rings (SSSR count). The third-order valence-corrected chi connectivity index (χ3v) is 3.48. The van der Waals surface area contributed by atoms with Gasteiger partial charge in [-0.15, -0.1) is 0 Å². The van der Waals surface area contributed by atoms with Crippen molar-refractivity contribution in [1.82, 2.24) is 19.6 Å². The zero-order valence-electron chi connectivity index (χ0n) is 12.4. The van der Waals surface area contributed by atoms with Crippen LogP contribution < -0.4 is 5.32 Å². The van der Waals surface area contributed by atoms with Crippen molar-refractivity contribution in [2.45, 2.75) is 26.8 Å². The second-order valence-corrected chi connectivity index (χ2v) is 5.74. The Balaban J connectivity index is 2.33. The summed E-state index contributed by atoms with van der Waals surface area (Å²) in [6.07, 6.45) is 1.39. The van der Waals surface area contributed by atoms with E-state index in [1.807, 2.05) is 26.8 Å². The molecule has 0 aliphatic carbocycles. The van der Waals surface area contributed by atoms with E-state index in [2.05, 4.69) is 20.4 Å². The molecule has 0 aliphatic rings. The van der Waals surface area contributed by atoms with Crippen LogP contribution in [0.3, 0.4) is 0 Å². The van der Waals surface area contributed by atoms with Crippen LogP contribution in [0, 0.1) is 12.7 Å². The van der Waals surface area contributed by atoms with Crippen molar-refractivity contribution in [3.63, 3.8) is 0 Å². The maximum absolute atomic E-state index is 14.4. The van der Waals surface area contributed by atoms with Crippen LogP contribution in [0.5, 0.6) is 0 Å². The van der Waals surface area contributed by atoms with E-state index >= 15 is 0 Å². The van der Waals surface area contributed by atoms with Crippen molar-refractivity contribution < 1.29 is 4.39 Å². The van der Waals surface area contributed by atoms with E-state index in [0.717, 1.165) is 5.56 Å². The molecule has 7 heteroatoms. The van der Waals surface area contributed by atoms with Crippen LogP contribution in [0.25, 0.3) is 16.9 Å². The number of rotatable bonds is 3. The summed E-state index contributed by atoms with van der Waals surface area (Å²) < 4.78 is 15.9. The van der Waals surface area contributed by atoms with Gasteiger partial charge in [-0.2, -0.15) is 19.6 Å². The van der Waals surface area contributed by atoms with E-state index in [1.165, 1.54) is 16.9 Å². The van der Waals surface area contributed by atoms with Crippen molar-refractivity contribution in [3.05, 3.63) is 41.1 Å². The van der Waals surface area contributed by atoms with Crippen molar-refractivity contribution in [2.75, 3.05) is 5.32 Å². The molecule has 0 bridgehead atoms. The maximum atomic E-state index is 14.4. The van der Waals surface area contributed by atoms with Gasteiger partial charge in [0.1, 0.15) is 23.1 Å². The SMILES string of the molecule is Cc1ccc(-c2c(Cl)nc3ncnn3c2NC(C)C)c(F)c1. The third kappa shape index (κ3) is 2.50. The summed E-state index contributed by atoms with van der Waals surface area (Å²) in [5.41, 5.74) is 1.69. The second-order valence-electron chi connectivity index (χ2n) is 5.38. The molecule has 3 aromatic rings. The van der Waals surface area contributed by atoms with Crippen LogP contribution in [0.2, 0.25) is 5.15 Å². The third-order valence-electron chi connectivity index (χ3n) is 3.20. The number of fused-ring (bicyclic) bond motifs is 1. The number of aryl methyl sites for hydroxylation is 1. The standard InChI is InChI=1S/C15H15ClFN5/c1-8(2)20-14-12(10-5-4-9(3)6-11(10)17)13(16)21-15-18-7-19-22(14)15/h4-8,20H,1-3H3. The average molecular weight is 320 g/mol. The van der Waals surface area contributed by atoms with Crippen LogP contribution in [0.4, 0.5) is 10.2 Å². The minimum absolute atomic E-state index is 0.109. The molecule has 0 spiro atoms. The highest BCUT2D eigenvalue weighted by molar-refractivity contribution is 6.33. The number of nitrogens with one attached hydrogen (secondary N) is 1. The number of anilines is 1. The van der Waals surface area contributed by atoms with Gasteiger partial charge in [-0.05, 0) is 32.4 Å². The van der Waals surface area contributed by atoms with Crippen molar-refractivity contribution in [1.29, 1.82) is 0 Å². The summed E-state index contributed by atoms with van der Waals surface area (Å²) in [7, 11) is 0. The van der Waals surface area contributed by atoms with Gasteiger partial charge < -0.3 is 5.32 Å². The Morgan fingerprint density at radius 1 is 1.32 bits per heavy atom. The number of halogens is 2.